The summed E-state index contributed by atoms with van der Waals surface area (Å²) in [6, 6.07) is 7.25. The van der Waals surface area contributed by atoms with Crippen molar-refractivity contribution in [1.82, 2.24) is 24.7 Å². The first-order valence-corrected chi connectivity index (χ1v) is 8.99. The highest BCUT2D eigenvalue weighted by Crippen LogP contribution is 2.28. The highest BCUT2D eigenvalue weighted by Gasteiger charge is 2.34. The number of hydrogen-bond donors (Lipinski definition) is 2. The van der Waals surface area contributed by atoms with Crippen molar-refractivity contribution in [3.8, 4) is 0 Å². The molecule has 3 aromatic heterocycles. The van der Waals surface area contributed by atoms with E-state index in [0.717, 1.165) is 11.2 Å². The number of carbonyl (C=O) groups excluding carboxylic acids is 1. The van der Waals surface area contributed by atoms with Crippen LogP contribution in [0.3, 0.4) is 0 Å². The first kappa shape index (κ1) is 17.1. The van der Waals surface area contributed by atoms with E-state index in [2.05, 4.69) is 15.5 Å². The normalized spacial score (nSPS) is 22.8. The first-order valence-electron chi connectivity index (χ1n) is 8.62. The molecule has 3 aromatic rings. The van der Waals surface area contributed by atoms with Gasteiger partial charge in [0, 0.05) is 18.4 Å². The molecule has 1 aliphatic carbocycles. The predicted molar refractivity (Wildman–Crippen MR) is 97.2 cm³/mol. The Labute approximate surface area is 155 Å². The van der Waals surface area contributed by atoms with Crippen molar-refractivity contribution in [2.24, 2.45) is 5.92 Å². The molecule has 3 heterocycles. The molecule has 1 fully saturated rings. The number of carbonyl (C=O) groups is 1. The molecule has 0 aromatic carbocycles. The van der Waals surface area contributed by atoms with Crippen LogP contribution in [0.2, 0.25) is 5.02 Å². The second-order valence-corrected chi connectivity index (χ2v) is 7.34. The number of nitrogens with zero attached hydrogens (tertiary/aromatic N) is 4. The van der Waals surface area contributed by atoms with Crippen LogP contribution in [0, 0.1) is 12.8 Å². The van der Waals surface area contributed by atoms with E-state index in [1.54, 1.807) is 27.7 Å². The van der Waals surface area contributed by atoms with E-state index in [-0.39, 0.29) is 17.9 Å². The summed E-state index contributed by atoms with van der Waals surface area (Å²) in [4.78, 5) is 12.6. The minimum Gasteiger partial charge on any atom is -0.391 e. The van der Waals surface area contributed by atoms with Crippen LogP contribution in [0.25, 0.3) is 5.52 Å². The van der Waals surface area contributed by atoms with Gasteiger partial charge in [-0.25, -0.2) is 4.52 Å². The second kappa shape index (κ2) is 6.74. The van der Waals surface area contributed by atoms with Gasteiger partial charge in [0.15, 0.2) is 5.69 Å². The summed E-state index contributed by atoms with van der Waals surface area (Å²) >= 11 is 5.89. The third-order valence-corrected chi connectivity index (χ3v) is 5.09. The molecule has 0 spiro atoms. The molecule has 8 heteroatoms. The van der Waals surface area contributed by atoms with Crippen LogP contribution in [-0.4, -0.2) is 42.6 Å². The second-order valence-electron chi connectivity index (χ2n) is 6.90. The number of rotatable bonds is 4. The number of pyridine rings is 1. The van der Waals surface area contributed by atoms with Crippen LogP contribution in [0.4, 0.5) is 0 Å². The Balaban J connectivity index is 1.42. The lowest BCUT2D eigenvalue weighted by atomic mass is 10.1. The fraction of sp³-hybridized carbons (Fsp3) is 0.389. The van der Waals surface area contributed by atoms with Crippen LogP contribution in [0.1, 0.15) is 29.0 Å². The van der Waals surface area contributed by atoms with Crippen molar-refractivity contribution < 1.29 is 9.90 Å². The number of nitrogens with one attached hydrogen (secondary N) is 1. The zero-order chi connectivity index (χ0) is 18.3. The van der Waals surface area contributed by atoms with Gasteiger partial charge in [0.1, 0.15) is 0 Å². The zero-order valence-electron chi connectivity index (χ0n) is 14.3. The SMILES string of the molecule is Cc1cccc2cc(C(=O)N[C@@H]3CC(Cn4cc(Cl)cn4)C[C@H]3O)nn12. The van der Waals surface area contributed by atoms with Gasteiger partial charge in [-0.05, 0) is 43.9 Å². The van der Waals surface area contributed by atoms with Gasteiger partial charge in [-0.15, -0.1) is 0 Å². The number of aliphatic hydroxyl groups is 1. The Morgan fingerprint density at radius 3 is 3.00 bits per heavy atom. The maximum Gasteiger partial charge on any atom is 0.272 e. The van der Waals surface area contributed by atoms with E-state index >= 15 is 0 Å². The van der Waals surface area contributed by atoms with Crippen LogP contribution in [0.15, 0.2) is 36.7 Å². The molecule has 0 bridgehead atoms. The number of fused-ring (bicyclic) bond motifs is 1. The summed E-state index contributed by atoms with van der Waals surface area (Å²) in [5.74, 6) is -0.0329. The number of aliphatic hydroxyl groups excluding tert-OH is 1. The van der Waals surface area contributed by atoms with Crippen molar-refractivity contribution in [1.29, 1.82) is 0 Å². The van der Waals surface area contributed by atoms with E-state index in [1.165, 1.54) is 0 Å². The van der Waals surface area contributed by atoms with Crippen LogP contribution < -0.4 is 5.32 Å². The monoisotopic (exact) mass is 373 g/mol. The van der Waals surface area contributed by atoms with Crippen molar-refractivity contribution in [2.45, 2.75) is 38.5 Å². The molecule has 0 aliphatic heterocycles. The molecule has 7 nitrogen and oxygen atoms in total. The van der Waals surface area contributed by atoms with Gasteiger partial charge in [-0.2, -0.15) is 10.2 Å². The molecule has 26 heavy (non-hydrogen) atoms. The molecule has 0 saturated heterocycles. The average molecular weight is 374 g/mol. The molecule has 4 rings (SSSR count). The summed E-state index contributed by atoms with van der Waals surface area (Å²) in [6.45, 7) is 2.61. The van der Waals surface area contributed by atoms with E-state index in [0.29, 0.717) is 30.1 Å². The molecular weight excluding hydrogens is 354 g/mol. The third-order valence-electron chi connectivity index (χ3n) is 4.90. The summed E-state index contributed by atoms with van der Waals surface area (Å²) in [7, 11) is 0. The molecule has 1 unspecified atom stereocenters. The largest absolute Gasteiger partial charge is 0.391 e. The zero-order valence-corrected chi connectivity index (χ0v) is 15.1. The van der Waals surface area contributed by atoms with Crippen molar-refractivity contribution in [3.63, 3.8) is 0 Å². The van der Waals surface area contributed by atoms with E-state index < -0.39 is 6.10 Å². The first-order chi connectivity index (χ1) is 12.5. The highest BCUT2D eigenvalue weighted by atomic mass is 35.5. The molecule has 1 aliphatic rings. The summed E-state index contributed by atoms with van der Waals surface area (Å²) in [5, 5.41) is 22.4. The lowest BCUT2D eigenvalue weighted by Gasteiger charge is -2.15. The fourth-order valence-corrected chi connectivity index (χ4v) is 3.79. The van der Waals surface area contributed by atoms with Crippen molar-refractivity contribution >= 4 is 23.0 Å². The quantitative estimate of drug-likeness (QED) is 0.733. The smallest absolute Gasteiger partial charge is 0.272 e. The van der Waals surface area contributed by atoms with Gasteiger partial charge in [0.2, 0.25) is 0 Å². The van der Waals surface area contributed by atoms with Gasteiger partial charge in [-0.1, -0.05) is 17.7 Å². The Bertz CT molecular complexity index is 950. The number of aromatic nitrogens is 4. The Hall–Kier alpha value is -2.38. The van der Waals surface area contributed by atoms with Crippen LogP contribution in [0.5, 0.6) is 0 Å². The van der Waals surface area contributed by atoms with E-state index in [4.69, 9.17) is 11.6 Å². The predicted octanol–water partition coefficient (Wildman–Crippen LogP) is 2.06. The van der Waals surface area contributed by atoms with Crippen molar-refractivity contribution in [3.05, 3.63) is 53.1 Å². The topological polar surface area (TPSA) is 84.5 Å². The standard InChI is InChI=1S/C18H20ClN5O2/c1-11-3-2-4-14-7-16(22-24(11)14)18(26)21-15-5-12(6-17(15)25)9-23-10-13(19)8-20-23/h2-4,7-8,10,12,15,17,25H,5-6,9H2,1H3,(H,21,26)/t12?,15-,17-/m1/s1. The molecule has 3 atom stereocenters. The number of aryl methyl sites for hydroxylation is 1. The third kappa shape index (κ3) is 3.32. The Morgan fingerprint density at radius 1 is 1.42 bits per heavy atom. The lowest BCUT2D eigenvalue weighted by Crippen LogP contribution is -2.40. The molecule has 1 saturated carbocycles. The van der Waals surface area contributed by atoms with Gasteiger partial charge in [0.25, 0.3) is 5.91 Å². The molecule has 0 radical (unpaired) electrons. The van der Waals surface area contributed by atoms with E-state index in [9.17, 15) is 9.90 Å². The average Bonchev–Trinajstić information content (AvgIpc) is 3.28. The van der Waals surface area contributed by atoms with Crippen molar-refractivity contribution in [2.75, 3.05) is 0 Å². The Kier molecular flexibility index (Phi) is 4.42. The summed E-state index contributed by atoms with van der Waals surface area (Å²) in [5.41, 5.74) is 2.18. The fourth-order valence-electron chi connectivity index (χ4n) is 3.63. The number of halogens is 1. The number of amides is 1. The summed E-state index contributed by atoms with van der Waals surface area (Å²) in [6.07, 6.45) is 4.09. The molecule has 1 amide bonds. The van der Waals surface area contributed by atoms with Gasteiger partial charge in [-0.3, -0.25) is 9.48 Å². The van der Waals surface area contributed by atoms with E-state index in [1.807, 2.05) is 25.1 Å². The number of hydrogen-bond acceptors (Lipinski definition) is 4. The minimum atomic E-state index is -0.575. The lowest BCUT2D eigenvalue weighted by molar-refractivity contribution is 0.0867. The van der Waals surface area contributed by atoms with Gasteiger partial charge in [0.05, 0.1) is 28.9 Å². The highest BCUT2D eigenvalue weighted by molar-refractivity contribution is 6.30. The summed E-state index contributed by atoms with van der Waals surface area (Å²) < 4.78 is 3.51. The van der Waals surface area contributed by atoms with Gasteiger partial charge >= 0.3 is 0 Å². The van der Waals surface area contributed by atoms with Crippen LogP contribution in [-0.2, 0) is 6.54 Å². The van der Waals surface area contributed by atoms with Gasteiger partial charge < -0.3 is 10.4 Å². The molecular formula is C18H20ClN5O2. The Morgan fingerprint density at radius 2 is 2.27 bits per heavy atom. The van der Waals surface area contributed by atoms with Crippen LogP contribution >= 0.6 is 11.6 Å². The molecule has 2 N–H and O–H groups in total. The maximum atomic E-state index is 12.6. The maximum absolute atomic E-state index is 12.6. The minimum absolute atomic E-state index is 0.231. The molecule has 136 valence electrons.